The van der Waals surface area contributed by atoms with E-state index in [2.05, 4.69) is 10.0 Å². The van der Waals surface area contributed by atoms with Crippen molar-refractivity contribution in [2.45, 2.75) is 24.3 Å². The number of aliphatic hydroxyl groups is 1. The Balaban J connectivity index is 3.25. The molecule has 1 rings (SSSR count). The number of anilines is 1. The Morgan fingerprint density at radius 2 is 2.10 bits per heavy atom. The molecule has 0 bridgehead atoms. The zero-order chi connectivity index (χ0) is 15.3. The number of nitro groups is 1. The Bertz CT molecular complexity index is 584. The first-order valence-corrected chi connectivity index (χ1v) is 7.43. The molecule has 0 radical (unpaired) electrons. The molecule has 1 aromatic carbocycles. The van der Waals surface area contributed by atoms with Crippen LogP contribution in [0.15, 0.2) is 23.1 Å². The lowest BCUT2D eigenvalue weighted by molar-refractivity contribution is -0.384. The van der Waals surface area contributed by atoms with Crippen LogP contribution in [0.3, 0.4) is 0 Å². The van der Waals surface area contributed by atoms with Gasteiger partial charge in [0.2, 0.25) is 10.0 Å². The van der Waals surface area contributed by atoms with E-state index in [0.717, 1.165) is 6.07 Å². The number of aliphatic hydroxyl groups excluding tert-OH is 1. The lowest BCUT2D eigenvalue weighted by atomic mass is 10.2. The minimum Gasteiger partial charge on any atom is -0.394 e. The number of hydrogen-bond donors (Lipinski definition) is 3. The number of nitro benzene ring substituents is 1. The van der Waals surface area contributed by atoms with Crippen LogP contribution in [-0.2, 0) is 10.0 Å². The summed E-state index contributed by atoms with van der Waals surface area (Å²) in [5, 5.41) is 23.0. The summed E-state index contributed by atoms with van der Waals surface area (Å²) < 4.78 is 25.4. The standard InChI is InChI=1S/C11H17N3O5S/c1-3-8(7-15)13-10-5-4-9(20(18,19)12-2)6-11(10)14(16)17/h4-6,8,12-13,15H,3,7H2,1-2H3. The minimum absolute atomic E-state index is 0.172. The molecule has 0 spiro atoms. The molecule has 0 heterocycles. The average molecular weight is 303 g/mol. The number of nitrogens with one attached hydrogen (secondary N) is 2. The van der Waals surface area contributed by atoms with Crippen molar-refractivity contribution in [3.8, 4) is 0 Å². The highest BCUT2D eigenvalue weighted by Gasteiger charge is 2.21. The molecule has 1 atom stereocenters. The summed E-state index contributed by atoms with van der Waals surface area (Å²) in [7, 11) is -2.51. The molecular formula is C11H17N3O5S. The maximum atomic E-state index is 11.6. The molecule has 0 amide bonds. The Morgan fingerprint density at radius 1 is 1.45 bits per heavy atom. The number of rotatable bonds is 7. The van der Waals surface area contributed by atoms with Crippen molar-refractivity contribution in [1.29, 1.82) is 0 Å². The van der Waals surface area contributed by atoms with Crippen molar-refractivity contribution in [3.63, 3.8) is 0 Å². The maximum Gasteiger partial charge on any atom is 0.293 e. The van der Waals surface area contributed by atoms with E-state index in [0.29, 0.717) is 6.42 Å². The fraction of sp³-hybridized carbons (Fsp3) is 0.455. The summed E-state index contributed by atoms with van der Waals surface area (Å²) in [6.45, 7) is 1.64. The van der Waals surface area contributed by atoms with Gasteiger partial charge in [0.25, 0.3) is 5.69 Å². The van der Waals surface area contributed by atoms with Gasteiger partial charge >= 0.3 is 0 Å². The second kappa shape index (κ2) is 6.64. The van der Waals surface area contributed by atoms with Gasteiger partial charge in [0, 0.05) is 12.1 Å². The number of nitrogens with zero attached hydrogens (tertiary/aromatic N) is 1. The molecule has 1 aromatic rings. The summed E-state index contributed by atoms with van der Waals surface area (Å²) in [5.74, 6) is 0. The van der Waals surface area contributed by atoms with E-state index in [-0.39, 0.29) is 28.9 Å². The van der Waals surface area contributed by atoms with Crippen LogP contribution in [0.5, 0.6) is 0 Å². The number of sulfonamides is 1. The molecule has 0 aliphatic carbocycles. The highest BCUT2D eigenvalue weighted by molar-refractivity contribution is 7.89. The smallest absolute Gasteiger partial charge is 0.293 e. The summed E-state index contributed by atoms with van der Waals surface area (Å²) in [6, 6.07) is 3.24. The highest BCUT2D eigenvalue weighted by atomic mass is 32.2. The lowest BCUT2D eigenvalue weighted by Gasteiger charge is -2.15. The number of benzene rings is 1. The third-order valence-electron chi connectivity index (χ3n) is 2.82. The van der Waals surface area contributed by atoms with Gasteiger partial charge in [-0.2, -0.15) is 0 Å². The van der Waals surface area contributed by atoms with Gasteiger partial charge in [0.05, 0.1) is 16.4 Å². The number of hydrogen-bond acceptors (Lipinski definition) is 6. The van der Waals surface area contributed by atoms with E-state index in [1.54, 1.807) is 0 Å². The van der Waals surface area contributed by atoms with Crippen LogP contribution in [-0.4, -0.2) is 38.1 Å². The Morgan fingerprint density at radius 3 is 2.55 bits per heavy atom. The molecule has 0 saturated heterocycles. The van der Waals surface area contributed by atoms with E-state index < -0.39 is 14.9 Å². The van der Waals surface area contributed by atoms with Gasteiger partial charge in [-0.05, 0) is 25.6 Å². The molecule has 1 unspecified atom stereocenters. The van der Waals surface area contributed by atoms with Crippen LogP contribution < -0.4 is 10.0 Å². The first-order valence-electron chi connectivity index (χ1n) is 5.95. The quantitative estimate of drug-likeness (QED) is 0.503. The van der Waals surface area contributed by atoms with E-state index in [1.165, 1.54) is 19.2 Å². The van der Waals surface area contributed by atoms with Crippen LogP contribution in [0.4, 0.5) is 11.4 Å². The van der Waals surface area contributed by atoms with Gasteiger partial charge in [-0.15, -0.1) is 0 Å². The predicted molar refractivity (Wildman–Crippen MR) is 74.1 cm³/mol. The SMILES string of the molecule is CCC(CO)Nc1ccc(S(=O)(=O)NC)cc1[N+](=O)[O-]. The zero-order valence-corrected chi connectivity index (χ0v) is 12.0. The first kappa shape index (κ1) is 16.3. The second-order valence-electron chi connectivity index (χ2n) is 4.08. The zero-order valence-electron chi connectivity index (χ0n) is 11.2. The molecule has 8 nitrogen and oxygen atoms in total. The maximum absolute atomic E-state index is 11.6. The Hall–Kier alpha value is -1.71. The van der Waals surface area contributed by atoms with Crippen LogP contribution in [0.25, 0.3) is 0 Å². The van der Waals surface area contributed by atoms with E-state index in [4.69, 9.17) is 5.11 Å². The molecule has 20 heavy (non-hydrogen) atoms. The Kier molecular flexibility index (Phi) is 5.43. The van der Waals surface area contributed by atoms with Crippen molar-refractivity contribution in [1.82, 2.24) is 4.72 Å². The van der Waals surface area contributed by atoms with Gasteiger partial charge in [0.15, 0.2) is 0 Å². The van der Waals surface area contributed by atoms with Gasteiger partial charge in [-0.1, -0.05) is 6.92 Å². The largest absolute Gasteiger partial charge is 0.394 e. The van der Waals surface area contributed by atoms with Crippen LogP contribution in [0.2, 0.25) is 0 Å². The highest BCUT2D eigenvalue weighted by Crippen LogP contribution is 2.28. The summed E-state index contributed by atoms with van der Waals surface area (Å²) >= 11 is 0. The van der Waals surface area contributed by atoms with Gasteiger partial charge < -0.3 is 10.4 Å². The van der Waals surface area contributed by atoms with Crippen molar-refractivity contribution in [2.75, 3.05) is 19.0 Å². The monoisotopic (exact) mass is 303 g/mol. The van der Waals surface area contributed by atoms with Crippen LogP contribution in [0.1, 0.15) is 13.3 Å². The molecule has 0 saturated carbocycles. The van der Waals surface area contributed by atoms with E-state index in [9.17, 15) is 18.5 Å². The molecule has 3 N–H and O–H groups in total. The molecular weight excluding hydrogens is 286 g/mol. The van der Waals surface area contributed by atoms with Gasteiger partial charge in [0.1, 0.15) is 5.69 Å². The first-order chi connectivity index (χ1) is 9.35. The molecule has 9 heteroatoms. The van der Waals surface area contributed by atoms with Crippen molar-refractivity contribution < 1.29 is 18.4 Å². The molecule has 0 aromatic heterocycles. The molecule has 0 aliphatic heterocycles. The molecule has 0 aliphatic rings. The normalized spacial score (nSPS) is 12.9. The summed E-state index contributed by atoms with van der Waals surface area (Å²) in [5.41, 5.74) is -0.181. The molecule has 0 fully saturated rings. The van der Waals surface area contributed by atoms with Crippen LogP contribution >= 0.6 is 0 Å². The van der Waals surface area contributed by atoms with Crippen molar-refractivity contribution in [3.05, 3.63) is 28.3 Å². The van der Waals surface area contributed by atoms with Gasteiger partial charge in [-0.25, -0.2) is 13.1 Å². The second-order valence-corrected chi connectivity index (χ2v) is 5.96. The third kappa shape index (κ3) is 3.65. The van der Waals surface area contributed by atoms with Crippen molar-refractivity contribution in [2.24, 2.45) is 0 Å². The summed E-state index contributed by atoms with van der Waals surface area (Å²) in [4.78, 5) is 10.2. The fourth-order valence-electron chi connectivity index (χ4n) is 1.57. The van der Waals surface area contributed by atoms with Crippen LogP contribution in [0, 0.1) is 10.1 Å². The van der Waals surface area contributed by atoms with E-state index >= 15 is 0 Å². The van der Waals surface area contributed by atoms with Crippen molar-refractivity contribution >= 4 is 21.4 Å². The average Bonchev–Trinajstić information content (AvgIpc) is 2.44. The molecule has 112 valence electrons. The predicted octanol–water partition coefficient (Wildman–Crippen LogP) is 0.686. The lowest BCUT2D eigenvalue weighted by Crippen LogP contribution is -2.23. The van der Waals surface area contributed by atoms with E-state index in [1.807, 2.05) is 6.92 Å². The minimum atomic E-state index is -3.74. The topological polar surface area (TPSA) is 122 Å². The fourth-order valence-corrected chi connectivity index (χ4v) is 2.32. The Labute approximate surface area is 117 Å². The summed E-state index contributed by atoms with van der Waals surface area (Å²) in [6.07, 6.45) is 0.574. The van der Waals surface area contributed by atoms with Gasteiger partial charge in [-0.3, -0.25) is 10.1 Å². The third-order valence-corrected chi connectivity index (χ3v) is 4.23.